The van der Waals surface area contributed by atoms with Gasteiger partial charge in [0, 0.05) is 6.20 Å². The highest BCUT2D eigenvalue weighted by atomic mass is 16.4. The standard InChI is InChI=1S/C10H8N6O2/c17-10(18)7-2-1-3-9-11-6(5-16(7)9)4-8-12-14-15-13-8/h1-3,5H,4H2,(H,17,18)(H,12,13,14,15). The third kappa shape index (κ3) is 1.69. The Balaban J connectivity index is 2.05. The lowest BCUT2D eigenvalue weighted by Gasteiger charge is -1.97. The monoisotopic (exact) mass is 244 g/mol. The summed E-state index contributed by atoms with van der Waals surface area (Å²) in [5, 5.41) is 22.5. The number of aromatic carboxylic acids is 1. The first-order valence-electron chi connectivity index (χ1n) is 5.16. The number of carbonyl (C=O) groups is 1. The lowest BCUT2D eigenvalue weighted by molar-refractivity contribution is 0.0689. The van der Waals surface area contributed by atoms with E-state index in [1.807, 2.05) is 0 Å². The number of aromatic amines is 1. The second-order valence-corrected chi connectivity index (χ2v) is 3.68. The zero-order valence-electron chi connectivity index (χ0n) is 9.11. The number of aromatic nitrogens is 6. The van der Waals surface area contributed by atoms with Gasteiger partial charge in [-0.1, -0.05) is 11.3 Å². The Labute approximate surface area is 100 Å². The molecule has 8 nitrogen and oxygen atoms in total. The van der Waals surface area contributed by atoms with E-state index in [9.17, 15) is 4.79 Å². The molecule has 3 aromatic rings. The molecular weight excluding hydrogens is 236 g/mol. The minimum absolute atomic E-state index is 0.166. The van der Waals surface area contributed by atoms with Crippen molar-refractivity contribution in [2.24, 2.45) is 0 Å². The first-order valence-corrected chi connectivity index (χ1v) is 5.16. The Kier molecular flexibility index (Phi) is 2.26. The van der Waals surface area contributed by atoms with Crippen molar-refractivity contribution in [2.75, 3.05) is 0 Å². The lowest BCUT2D eigenvalue weighted by atomic mass is 10.3. The van der Waals surface area contributed by atoms with Crippen molar-refractivity contribution < 1.29 is 9.90 Å². The molecule has 0 atom stereocenters. The van der Waals surface area contributed by atoms with Gasteiger partial charge in [-0.05, 0) is 12.1 Å². The molecule has 0 aliphatic heterocycles. The number of H-pyrrole nitrogens is 1. The first kappa shape index (κ1) is 10.4. The molecule has 3 heterocycles. The number of tetrazole rings is 1. The summed E-state index contributed by atoms with van der Waals surface area (Å²) in [6, 6.07) is 4.92. The van der Waals surface area contributed by atoms with E-state index < -0.39 is 5.97 Å². The van der Waals surface area contributed by atoms with Gasteiger partial charge in [-0.3, -0.25) is 4.40 Å². The van der Waals surface area contributed by atoms with E-state index in [0.29, 0.717) is 23.6 Å². The van der Waals surface area contributed by atoms with Crippen LogP contribution in [0.4, 0.5) is 0 Å². The third-order valence-electron chi connectivity index (χ3n) is 2.49. The van der Waals surface area contributed by atoms with E-state index >= 15 is 0 Å². The van der Waals surface area contributed by atoms with Crippen LogP contribution in [0.3, 0.4) is 0 Å². The van der Waals surface area contributed by atoms with Crippen molar-refractivity contribution in [2.45, 2.75) is 6.42 Å². The molecule has 0 aliphatic carbocycles. The molecule has 3 rings (SSSR count). The van der Waals surface area contributed by atoms with E-state index in [1.54, 1.807) is 18.3 Å². The van der Waals surface area contributed by atoms with Crippen molar-refractivity contribution in [1.82, 2.24) is 30.0 Å². The molecular formula is C10H8N6O2. The van der Waals surface area contributed by atoms with E-state index in [1.165, 1.54) is 10.5 Å². The molecule has 0 spiro atoms. The van der Waals surface area contributed by atoms with Gasteiger partial charge in [-0.25, -0.2) is 9.78 Å². The van der Waals surface area contributed by atoms with Gasteiger partial charge >= 0.3 is 5.97 Å². The second kappa shape index (κ2) is 3.91. The Bertz CT molecular complexity index is 702. The topological polar surface area (TPSA) is 109 Å². The van der Waals surface area contributed by atoms with Crippen LogP contribution in [0.2, 0.25) is 0 Å². The first-order chi connectivity index (χ1) is 8.74. The summed E-state index contributed by atoms with van der Waals surface area (Å²) in [5.41, 5.74) is 1.43. The fourth-order valence-corrected chi connectivity index (χ4v) is 1.74. The number of pyridine rings is 1. The Morgan fingerprint density at radius 1 is 1.44 bits per heavy atom. The number of nitrogens with zero attached hydrogens (tertiary/aromatic N) is 5. The number of imidazole rings is 1. The molecule has 0 unspecified atom stereocenters. The minimum Gasteiger partial charge on any atom is -0.477 e. The SMILES string of the molecule is O=C(O)c1cccc2nc(Cc3nn[nH]n3)cn12. The van der Waals surface area contributed by atoms with Crippen LogP contribution >= 0.6 is 0 Å². The van der Waals surface area contributed by atoms with Crippen LogP contribution in [0.5, 0.6) is 0 Å². The Morgan fingerprint density at radius 2 is 2.33 bits per heavy atom. The number of carboxylic acid groups (broad SMARTS) is 1. The summed E-state index contributed by atoms with van der Waals surface area (Å²) >= 11 is 0. The second-order valence-electron chi connectivity index (χ2n) is 3.68. The van der Waals surface area contributed by atoms with Crippen LogP contribution in [0.15, 0.2) is 24.4 Å². The average molecular weight is 244 g/mol. The summed E-state index contributed by atoms with van der Waals surface area (Å²) in [5.74, 6) is -0.487. The average Bonchev–Trinajstić information content (AvgIpc) is 2.96. The quantitative estimate of drug-likeness (QED) is 0.678. The van der Waals surface area contributed by atoms with Gasteiger partial charge in [-0.2, -0.15) is 5.21 Å². The highest BCUT2D eigenvalue weighted by Crippen LogP contribution is 2.11. The lowest BCUT2D eigenvalue weighted by Crippen LogP contribution is -2.03. The molecule has 0 fully saturated rings. The molecule has 2 N–H and O–H groups in total. The maximum absolute atomic E-state index is 11.1. The van der Waals surface area contributed by atoms with Crippen molar-refractivity contribution in [3.8, 4) is 0 Å². The highest BCUT2D eigenvalue weighted by Gasteiger charge is 2.11. The molecule has 90 valence electrons. The van der Waals surface area contributed by atoms with E-state index in [4.69, 9.17) is 5.11 Å². The zero-order chi connectivity index (χ0) is 12.5. The van der Waals surface area contributed by atoms with Crippen molar-refractivity contribution in [3.05, 3.63) is 41.6 Å². The number of carboxylic acids is 1. The summed E-state index contributed by atoms with van der Waals surface area (Å²) in [6.45, 7) is 0. The number of hydrogen-bond donors (Lipinski definition) is 2. The van der Waals surface area contributed by atoms with Crippen LogP contribution in [-0.4, -0.2) is 41.1 Å². The largest absolute Gasteiger partial charge is 0.477 e. The van der Waals surface area contributed by atoms with Gasteiger partial charge in [0.1, 0.15) is 11.3 Å². The molecule has 0 bridgehead atoms. The molecule has 0 radical (unpaired) electrons. The molecule has 0 aliphatic rings. The summed E-state index contributed by atoms with van der Waals surface area (Å²) in [6.07, 6.45) is 2.06. The Morgan fingerprint density at radius 3 is 3.06 bits per heavy atom. The molecule has 18 heavy (non-hydrogen) atoms. The predicted molar refractivity (Wildman–Crippen MR) is 59.1 cm³/mol. The highest BCUT2D eigenvalue weighted by molar-refractivity contribution is 5.86. The van der Waals surface area contributed by atoms with Crippen molar-refractivity contribution >= 4 is 11.6 Å². The van der Waals surface area contributed by atoms with Crippen molar-refractivity contribution in [1.29, 1.82) is 0 Å². The van der Waals surface area contributed by atoms with Crippen LogP contribution in [0.1, 0.15) is 22.0 Å². The van der Waals surface area contributed by atoms with Gasteiger partial charge in [0.05, 0.1) is 12.1 Å². The number of fused-ring (bicyclic) bond motifs is 1. The normalized spacial score (nSPS) is 10.9. The van der Waals surface area contributed by atoms with Crippen molar-refractivity contribution in [3.63, 3.8) is 0 Å². The summed E-state index contributed by atoms with van der Waals surface area (Å²) < 4.78 is 1.53. The molecule has 0 amide bonds. The van der Waals surface area contributed by atoms with E-state index in [-0.39, 0.29) is 5.69 Å². The van der Waals surface area contributed by atoms with Gasteiger partial charge in [0.2, 0.25) is 0 Å². The Hall–Kier alpha value is -2.77. The molecule has 3 aromatic heterocycles. The maximum atomic E-state index is 11.1. The van der Waals surface area contributed by atoms with Gasteiger partial charge in [0.25, 0.3) is 0 Å². The fraction of sp³-hybridized carbons (Fsp3) is 0.100. The summed E-state index contributed by atoms with van der Waals surface area (Å²) in [7, 11) is 0. The smallest absolute Gasteiger partial charge is 0.352 e. The molecule has 0 aromatic carbocycles. The number of hydrogen-bond acceptors (Lipinski definition) is 5. The van der Waals surface area contributed by atoms with Crippen LogP contribution in [0.25, 0.3) is 5.65 Å². The van der Waals surface area contributed by atoms with E-state index in [2.05, 4.69) is 25.6 Å². The van der Waals surface area contributed by atoms with Crippen LogP contribution in [0, 0.1) is 0 Å². The molecule has 0 saturated heterocycles. The summed E-state index contributed by atoms with van der Waals surface area (Å²) in [4.78, 5) is 15.4. The van der Waals surface area contributed by atoms with E-state index in [0.717, 1.165) is 0 Å². The zero-order valence-corrected chi connectivity index (χ0v) is 9.11. The minimum atomic E-state index is -0.996. The van der Waals surface area contributed by atoms with Gasteiger partial charge < -0.3 is 5.11 Å². The predicted octanol–water partition coefficient (Wildman–Crippen LogP) is 0.136. The third-order valence-corrected chi connectivity index (χ3v) is 2.49. The number of rotatable bonds is 3. The van der Waals surface area contributed by atoms with Crippen LogP contribution in [-0.2, 0) is 6.42 Å². The fourth-order valence-electron chi connectivity index (χ4n) is 1.74. The van der Waals surface area contributed by atoms with Gasteiger partial charge in [0.15, 0.2) is 5.82 Å². The molecule has 8 heteroatoms. The van der Waals surface area contributed by atoms with Crippen LogP contribution < -0.4 is 0 Å². The maximum Gasteiger partial charge on any atom is 0.352 e. The number of nitrogens with one attached hydrogen (secondary N) is 1. The molecule has 0 saturated carbocycles. The van der Waals surface area contributed by atoms with Gasteiger partial charge in [-0.15, -0.1) is 10.2 Å².